The van der Waals surface area contributed by atoms with Crippen molar-refractivity contribution < 1.29 is 9.57 Å². The standard InChI is InChI=1S/C15H21N3O2S/c1-3-8-16-15(21)17-10-13-9-14(18-20-13)11-4-6-12(19-2)7-5-11/h4-7,9,13,18H,3,8,10H2,1-2H3,(H2,16,17,21)/t13-/m1/s1. The number of hydroxylamine groups is 1. The minimum absolute atomic E-state index is 0.0523. The smallest absolute Gasteiger partial charge is 0.166 e. The van der Waals surface area contributed by atoms with Crippen LogP contribution < -0.4 is 20.9 Å². The molecule has 0 saturated heterocycles. The Kier molecular flexibility index (Phi) is 5.83. The van der Waals surface area contributed by atoms with Gasteiger partial charge in [-0.3, -0.25) is 10.3 Å². The predicted molar refractivity (Wildman–Crippen MR) is 87.9 cm³/mol. The average Bonchev–Trinajstić information content (AvgIpc) is 3.00. The lowest BCUT2D eigenvalue weighted by Gasteiger charge is -2.12. The zero-order chi connectivity index (χ0) is 15.1. The molecular weight excluding hydrogens is 286 g/mol. The van der Waals surface area contributed by atoms with E-state index in [1.54, 1.807) is 7.11 Å². The molecule has 0 fully saturated rings. The number of methoxy groups -OCH3 is 1. The van der Waals surface area contributed by atoms with Crippen LogP contribution in [0.15, 0.2) is 30.3 Å². The van der Waals surface area contributed by atoms with Gasteiger partial charge in [-0.25, -0.2) is 0 Å². The summed E-state index contributed by atoms with van der Waals surface area (Å²) in [7, 11) is 1.66. The fourth-order valence-corrected chi connectivity index (χ4v) is 2.10. The highest BCUT2D eigenvalue weighted by molar-refractivity contribution is 7.80. The van der Waals surface area contributed by atoms with E-state index in [4.69, 9.17) is 21.8 Å². The molecule has 1 aliphatic rings. The minimum Gasteiger partial charge on any atom is -0.497 e. The Labute approximate surface area is 130 Å². The number of hydrogen-bond acceptors (Lipinski definition) is 4. The molecule has 1 heterocycles. The van der Waals surface area contributed by atoms with Gasteiger partial charge in [0.05, 0.1) is 12.8 Å². The van der Waals surface area contributed by atoms with Crippen LogP contribution in [0.3, 0.4) is 0 Å². The van der Waals surface area contributed by atoms with E-state index >= 15 is 0 Å². The van der Waals surface area contributed by atoms with Crippen LogP contribution in [0.4, 0.5) is 0 Å². The highest BCUT2D eigenvalue weighted by Gasteiger charge is 2.17. The lowest BCUT2D eigenvalue weighted by molar-refractivity contribution is 0.0542. The Morgan fingerprint density at radius 2 is 2.10 bits per heavy atom. The second kappa shape index (κ2) is 7.85. The maximum absolute atomic E-state index is 5.51. The van der Waals surface area contributed by atoms with Gasteiger partial charge in [-0.15, -0.1) is 0 Å². The van der Waals surface area contributed by atoms with E-state index in [1.807, 2.05) is 30.3 Å². The van der Waals surface area contributed by atoms with Crippen molar-refractivity contribution in [2.24, 2.45) is 0 Å². The van der Waals surface area contributed by atoms with E-state index in [9.17, 15) is 0 Å². The summed E-state index contributed by atoms with van der Waals surface area (Å²) >= 11 is 5.17. The summed E-state index contributed by atoms with van der Waals surface area (Å²) in [6.07, 6.45) is 3.03. The van der Waals surface area contributed by atoms with E-state index in [0.29, 0.717) is 11.7 Å². The molecule has 1 atom stereocenters. The van der Waals surface area contributed by atoms with Gasteiger partial charge in [0, 0.05) is 13.1 Å². The van der Waals surface area contributed by atoms with Gasteiger partial charge >= 0.3 is 0 Å². The molecule has 0 aromatic heterocycles. The number of rotatable bonds is 6. The van der Waals surface area contributed by atoms with Crippen LogP contribution in [0.1, 0.15) is 18.9 Å². The van der Waals surface area contributed by atoms with Crippen molar-refractivity contribution in [1.82, 2.24) is 16.1 Å². The highest BCUT2D eigenvalue weighted by Crippen LogP contribution is 2.20. The van der Waals surface area contributed by atoms with Gasteiger partial charge in [0.1, 0.15) is 11.9 Å². The molecule has 2 rings (SSSR count). The largest absolute Gasteiger partial charge is 0.497 e. The van der Waals surface area contributed by atoms with Crippen LogP contribution in [-0.4, -0.2) is 31.4 Å². The van der Waals surface area contributed by atoms with E-state index in [1.165, 1.54) is 0 Å². The van der Waals surface area contributed by atoms with Gasteiger partial charge < -0.3 is 15.4 Å². The molecule has 21 heavy (non-hydrogen) atoms. The number of ether oxygens (including phenoxy) is 1. The predicted octanol–water partition coefficient (Wildman–Crippen LogP) is 1.81. The van der Waals surface area contributed by atoms with Crippen molar-refractivity contribution in [3.63, 3.8) is 0 Å². The molecule has 114 valence electrons. The van der Waals surface area contributed by atoms with Gasteiger partial charge in [-0.1, -0.05) is 6.92 Å². The zero-order valence-corrected chi connectivity index (χ0v) is 13.1. The van der Waals surface area contributed by atoms with Gasteiger partial charge in [-0.2, -0.15) is 0 Å². The Morgan fingerprint density at radius 3 is 2.76 bits per heavy atom. The Bertz CT molecular complexity index is 502. The average molecular weight is 307 g/mol. The van der Waals surface area contributed by atoms with Crippen molar-refractivity contribution in [2.45, 2.75) is 19.4 Å². The van der Waals surface area contributed by atoms with Gasteiger partial charge in [0.2, 0.25) is 0 Å². The third-order valence-corrected chi connectivity index (χ3v) is 3.36. The summed E-state index contributed by atoms with van der Waals surface area (Å²) in [4.78, 5) is 5.51. The van der Waals surface area contributed by atoms with E-state index in [-0.39, 0.29) is 6.10 Å². The second-order valence-electron chi connectivity index (χ2n) is 4.70. The SMILES string of the molecule is CCCNC(=S)NC[C@H]1C=C(c2ccc(OC)cc2)NO1. The van der Waals surface area contributed by atoms with Crippen LogP contribution in [-0.2, 0) is 4.84 Å². The molecule has 0 saturated carbocycles. The molecule has 1 aliphatic heterocycles. The molecule has 3 N–H and O–H groups in total. The van der Waals surface area contributed by atoms with Crippen LogP contribution in [0, 0.1) is 0 Å². The second-order valence-corrected chi connectivity index (χ2v) is 5.11. The van der Waals surface area contributed by atoms with Crippen molar-refractivity contribution in [3.05, 3.63) is 35.9 Å². The number of nitrogens with one attached hydrogen (secondary N) is 3. The molecule has 0 amide bonds. The first kappa shape index (κ1) is 15.6. The van der Waals surface area contributed by atoms with Crippen molar-refractivity contribution >= 4 is 23.0 Å². The molecule has 0 radical (unpaired) electrons. The summed E-state index contributed by atoms with van der Waals surface area (Å²) in [5.74, 6) is 0.837. The third-order valence-electron chi connectivity index (χ3n) is 3.07. The van der Waals surface area contributed by atoms with E-state index < -0.39 is 0 Å². The molecule has 6 heteroatoms. The summed E-state index contributed by atoms with van der Waals surface area (Å²) in [5.41, 5.74) is 4.96. The van der Waals surface area contributed by atoms with Crippen molar-refractivity contribution in [3.8, 4) is 5.75 Å². The summed E-state index contributed by atoms with van der Waals surface area (Å²) in [6.45, 7) is 3.61. The maximum Gasteiger partial charge on any atom is 0.166 e. The zero-order valence-electron chi connectivity index (χ0n) is 12.3. The fraction of sp³-hybridized carbons (Fsp3) is 0.400. The highest BCUT2D eigenvalue weighted by atomic mass is 32.1. The molecule has 0 aliphatic carbocycles. The van der Waals surface area contributed by atoms with E-state index in [2.05, 4.69) is 23.0 Å². The molecule has 0 spiro atoms. The van der Waals surface area contributed by atoms with Crippen LogP contribution >= 0.6 is 12.2 Å². The first-order valence-corrected chi connectivity index (χ1v) is 7.43. The Hall–Kier alpha value is -1.79. The Morgan fingerprint density at radius 1 is 1.33 bits per heavy atom. The first-order chi connectivity index (χ1) is 10.2. The molecule has 1 aromatic carbocycles. The molecule has 1 aromatic rings. The summed E-state index contributed by atoms with van der Waals surface area (Å²) in [5, 5.41) is 6.92. The van der Waals surface area contributed by atoms with Gasteiger partial charge in [0.15, 0.2) is 5.11 Å². The van der Waals surface area contributed by atoms with Gasteiger partial charge in [0.25, 0.3) is 0 Å². The minimum atomic E-state index is -0.0523. The lowest BCUT2D eigenvalue weighted by Crippen LogP contribution is -2.39. The molecule has 5 nitrogen and oxygen atoms in total. The van der Waals surface area contributed by atoms with Crippen LogP contribution in [0.2, 0.25) is 0 Å². The number of benzene rings is 1. The normalized spacial score (nSPS) is 16.9. The van der Waals surface area contributed by atoms with Crippen molar-refractivity contribution in [2.75, 3.05) is 20.2 Å². The number of thiocarbonyl (C=S) groups is 1. The van der Waals surface area contributed by atoms with Crippen molar-refractivity contribution in [1.29, 1.82) is 0 Å². The molecule has 0 unspecified atom stereocenters. The third kappa shape index (κ3) is 4.61. The fourth-order valence-electron chi connectivity index (χ4n) is 1.91. The monoisotopic (exact) mass is 307 g/mol. The number of hydrogen-bond donors (Lipinski definition) is 3. The quantitative estimate of drug-likeness (QED) is 0.697. The summed E-state index contributed by atoms with van der Waals surface area (Å²) in [6, 6.07) is 7.83. The molecule has 0 bridgehead atoms. The van der Waals surface area contributed by atoms with Gasteiger partial charge in [-0.05, 0) is 54.5 Å². The van der Waals surface area contributed by atoms with E-state index in [0.717, 1.165) is 30.0 Å². The maximum atomic E-state index is 5.51. The van der Waals surface area contributed by atoms with Crippen LogP contribution in [0.5, 0.6) is 5.75 Å². The molecular formula is C15H21N3O2S. The topological polar surface area (TPSA) is 54.5 Å². The van der Waals surface area contributed by atoms with Crippen LogP contribution in [0.25, 0.3) is 5.70 Å². The summed E-state index contributed by atoms with van der Waals surface area (Å²) < 4.78 is 5.15. The lowest BCUT2D eigenvalue weighted by atomic mass is 10.1. The first-order valence-electron chi connectivity index (χ1n) is 7.02. The Balaban J connectivity index is 1.85.